The minimum absolute atomic E-state index is 0.277. The van der Waals surface area contributed by atoms with Crippen molar-refractivity contribution in [3.05, 3.63) is 53.5 Å². The van der Waals surface area contributed by atoms with E-state index >= 15 is 0 Å². The zero-order valence-corrected chi connectivity index (χ0v) is 19.8. The molecule has 1 unspecified atom stereocenters. The molecule has 2 aliphatic carbocycles. The number of rotatable bonds is 5. The van der Waals surface area contributed by atoms with Gasteiger partial charge in [0.05, 0.1) is 0 Å². The Morgan fingerprint density at radius 2 is 2.00 bits per heavy atom. The number of nitrogens with zero attached hydrogens (tertiary/aromatic N) is 6. The fourth-order valence-electron chi connectivity index (χ4n) is 6.84. The van der Waals surface area contributed by atoms with Gasteiger partial charge in [-0.15, -0.1) is 5.10 Å². The van der Waals surface area contributed by atoms with Crippen LogP contribution in [0.15, 0.2) is 24.5 Å². The first-order valence-electron chi connectivity index (χ1n) is 12.5. The molecular weight excluding hydrogens is 471 g/mol. The molecule has 2 saturated carbocycles. The van der Waals surface area contributed by atoms with Gasteiger partial charge < -0.3 is 15.0 Å². The van der Waals surface area contributed by atoms with Gasteiger partial charge in [0.15, 0.2) is 29.3 Å². The lowest BCUT2D eigenvalue weighted by Crippen LogP contribution is -2.68. The van der Waals surface area contributed by atoms with Gasteiger partial charge in [-0.05, 0) is 56.1 Å². The molecule has 4 aliphatic rings. The molecule has 8 nitrogen and oxygen atoms in total. The van der Waals surface area contributed by atoms with Crippen LogP contribution in [0.1, 0.15) is 43.3 Å². The van der Waals surface area contributed by atoms with Crippen molar-refractivity contribution in [1.29, 1.82) is 0 Å². The lowest BCUT2D eigenvalue weighted by molar-refractivity contribution is -0.117. The molecule has 188 valence electrons. The predicted octanol–water partition coefficient (Wildman–Crippen LogP) is 4.03. The van der Waals surface area contributed by atoms with Crippen LogP contribution >= 0.6 is 0 Å². The van der Waals surface area contributed by atoms with E-state index in [0.29, 0.717) is 42.0 Å². The number of fused-ring (bicyclic) bond motifs is 1. The highest BCUT2D eigenvalue weighted by Crippen LogP contribution is 2.68. The van der Waals surface area contributed by atoms with E-state index in [1.54, 1.807) is 11.0 Å². The molecule has 1 aromatic carbocycles. The average Bonchev–Trinajstić information content (AvgIpc) is 3.46. The molecule has 0 radical (unpaired) electrons. The molecule has 3 fully saturated rings. The first kappa shape index (κ1) is 21.9. The van der Waals surface area contributed by atoms with E-state index in [9.17, 15) is 13.2 Å². The summed E-state index contributed by atoms with van der Waals surface area (Å²) in [5.41, 5.74) is 1.29. The van der Waals surface area contributed by atoms with Gasteiger partial charge in [-0.25, -0.2) is 23.4 Å². The molecule has 2 aromatic heterocycles. The Hall–Kier alpha value is -3.37. The summed E-state index contributed by atoms with van der Waals surface area (Å²) in [7, 11) is 0. The largest absolute Gasteiger partial charge is 0.479 e. The zero-order chi connectivity index (χ0) is 24.6. The molecule has 7 rings (SSSR count). The summed E-state index contributed by atoms with van der Waals surface area (Å²) >= 11 is 0. The lowest BCUT2D eigenvalue weighted by atomic mass is 9.41. The molecule has 2 aliphatic heterocycles. The van der Waals surface area contributed by atoms with E-state index in [1.807, 2.05) is 13.0 Å². The Balaban J connectivity index is 1.09. The molecule has 11 heteroatoms. The third kappa shape index (κ3) is 3.13. The van der Waals surface area contributed by atoms with Gasteiger partial charge in [-0.1, -0.05) is 0 Å². The van der Waals surface area contributed by atoms with E-state index in [0.717, 1.165) is 43.2 Å². The second-order valence-corrected chi connectivity index (χ2v) is 10.5. The third-order valence-electron chi connectivity index (χ3n) is 8.67. The van der Waals surface area contributed by atoms with Crippen LogP contribution in [0.25, 0.3) is 0 Å². The highest BCUT2D eigenvalue weighted by atomic mass is 19.2. The number of benzene rings is 1. The van der Waals surface area contributed by atoms with Gasteiger partial charge in [0.25, 0.3) is 0 Å². The summed E-state index contributed by atoms with van der Waals surface area (Å²) in [4.78, 5) is 15.8. The van der Waals surface area contributed by atoms with Gasteiger partial charge in [0.2, 0.25) is 11.8 Å². The van der Waals surface area contributed by atoms with Crippen molar-refractivity contribution in [2.24, 2.45) is 17.3 Å². The summed E-state index contributed by atoms with van der Waals surface area (Å²) in [6.45, 7) is 4.60. The molecule has 0 amide bonds. The monoisotopic (exact) mass is 497 g/mol. The molecule has 3 aromatic rings. The van der Waals surface area contributed by atoms with Crippen LogP contribution in [0.5, 0.6) is 5.75 Å². The Bertz CT molecular complexity index is 1350. The quantitative estimate of drug-likeness (QED) is 0.533. The van der Waals surface area contributed by atoms with Gasteiger partial charge in [-0.3, -0.25) is 0 Å². The molecule has 0 bridgehead atoms. The van der Waals surface area contributed by atoms with Crippen LogP contribution in [-0.2, 0) is 6.54 Å². The third-order valence-corrected chi connectivity index (χ3v) is 8.67. The van der Waals surface area contributed by atoms with Gasteiger partial charge in [-0.2, -0.15) is 9.37 Å². The van der Waals surface area contributed by atoms with Crippen molar-refractivity contribution in [2.45, 2.75) is 51.3 Å². The maximum absolute atomic E-state index is 14.2. The summed E-state index contributed by atoms with van der Waals surface area (Å²) in [5, 5.41) is 8.24. The van der Waals surface area contributed by atoms with Crippen LogP contribution in [0.4, 0.5) is 24.9 Å². The number of hydrogen-bond acceptors (Lipinski definition) is 7. The van der Waals surface area contributed by atoms with Crippen molar-refractivity contribution < 1.29 is 17.9 Å². The Kier molecular flexibility index (Phi) is 4.75. The molecular formula is C25H26F3N7O. The Morgan fingerprint density at radius 1 is 1.11 bits per heavy atom. The van der Waals surface area contributed by atoms with Gasteiger partial charge in [0, 0.05) is 43.4 Å². The van der Waals surface area contributed by atoms with Crippen LogP contribution in [0.3, 0.4) is 0 Å². The van der Waals surface area contributed by atoms with Crippen LogP contribution in [0.2, 0.25) is 0 Å². The summed E-state index contributed by atoms with van der Waals surface area (Å²) in [5.74, 6) is -1.30. The first-order valence-corrected chi connectivity index (χ1v) is 12.5. The van der Waals surface area contributed by atoms with E-state index in [-0.39, 0.29) is 11.8 Å². The normalized spacial score (nSPS) is 30.1. The standard InChI is InChI=1S/C25H26F3N7O/c1-13-9-19(30-12-29-13)34-10-15-22(14-6-7-25(14,15)11-34)31-24-32-23-18(3-2-8-35(23)33-24)36-17-5-4-16(26)20(27)21(17)28/h4-5,9,12,14-15,18,22H,2-3,6-8,10-11H2,1H3,(H,31,33)/t14-,15-,18-,22+,25?/m0/s1. The predicted molar refractivity (Wildman–Crippen MR) is 124 cm³/mol. The van der Waals surface area contributed by atoms with Crippen LogP contribution in [0, 0.1) is 41.6 Å². The summed E-state index contributed by atoms with van der Waals surface area (Å²) in [6, 6.07) is 4.29. The highest BCUT2D eigenvalue weighted by Gasteiger charge is 2.70. The average molecular weight is 498 g/mol. The van der Waals surface area contributed by atoms with Crippen LogP contribution in [-0.4, -0.2) is 43.9 Å². The van der Waals surface area contributed by atoms with E-state index < -0.39 is 23.6 Å². The number of halogens is 3. The van der Waals surface area contributed by atoms with E-state index in [2.05, 4.69) is 25.3 Å². The Labute approximate surface area is 205 Å². The number of aromatic nitrogens is 5. The van der Waals surface area contributed by atoms with Gasteiger partial charge in [0.1, 0.15) is 12.1 Å². The number of aryl methyl sites for hydroxylation is 2. The molecule has 36 heavy (non-hydrogen) atoms. The second kappa shape index (κ2) is 7.81. The highest BCUT2D eigenvalue weighted by molar-refractivity contribution is 5.46. The fraction of sp³-hybridized carbons (Fsp3) is 0.520. The lowest BCUT2D eigenvalue weighted by Gasteiger charge is -2.65. The van der Waals surface area contributed by atoms with Crippen molar-refractivity contribution >= 4 is 11.8 Å². The van der Waals surface area contributed by atoms with Crippen molar-refractivity contribution in [2.75, 3.05) is 23.3 Å². The fourth-order valence-corrected chi connectivity index (χ4v) is 6.84. The minimum atomic E-state index is -1.54. The maximum atomic E-state index is 14.2. The van der Waals surface area contributed by atoms with E-state index in [1.165, 1.54) is 12.8 Å². The minimum Gasteiger partial charge on any atom is -0.479 e. The van der Waals surface area contributed by atoms with Gasteiger partial charge >= 0.3 is 0 Å². The number of anilines is 2. The van der Waals surface area contributed by atoms with Crippen molar-refractivity contribution in [3.63, 3.8) is 0 Å². The summed E-state index contributed by atoms with van der Waals surface area (Å²) < 4.78 is 48.7. The van der Waals surface area contributed by atoms with Crippen molar-refractivity contribution in [1.82, 2.24) is 24.7 Å². The molecule has 5 atom stereocenters. The maximum Gasteiger partial charge on any atom is 0.242 e. The Morgan fingerprint density at radius 3 is 2.81 bits per heavy atom. The first-order chi connectivity index (χ1) is 17.4. The topological polar surface area (TPSA) is 81.0 Å². The number of nitrogens with one attached hydrogen (secondary N) is 1. The van der Waals surface area contributed by atoms with Crippen molar-refractivity contribution in [3.8, 4) is 5.75 Å². The van der Waals surface area contributed by atoms with Crippen LogP contribution < -0.4 is 15.0 Å². The molecule has 1 N–H and O–H groups in total. The zero-order valence-electron chi connectivity index (χ0n) is 19.8. The second-order valence-electron chi connectivity index (χ2n) is 10.5. The molecule has 4 heterocycles. The number of ether oxygens (including phenoxy) is 1. The summed E-state index contributed by atoms with van der Waals surface area (Å²) in [6.07, 6.45) is 4.79. The molecule has 1 saturated heterocycles. The van der Waals surface area contributed by atoms with E-state index in [4.69, 9.17) is 9.72 Å². The smallest absolute Gasteiger partial charge is 0.242 e. The number of hydrogen-bond donors (Lipinski definition) is 1. The SMILES string of the molecule is Cc1cc(N2C[C@H]3[C@H](Nc4nc5n(n4)CCC[C@@H]5Oc4ccc(F)c(F)c4F)[C@@H]4CCC43C2)ncn1. The molecule has 1 spiro atoms.